The Bertz CT molecular complexity index is 534. The molecule has 0 saturated heterocycles. The van der Waals surface area contributed by atoms with Gasteiger partial charge in [-0.15, -0.1) is 0 Å². The van der Waals surface area contributed by atoms with Gasteiger partial charge < -0.3 is 9.47 Å². The first-order chi connectivity index (χ1) is 8.90. The number of fused-ring (bicyclic) bond motifs is 1. The molecule has 0 radical (unpaired) electrons. The fourth-order valence-corrected chi connectivity index (χ4v) is 2.48. The van der Waals surface area contributed by atoms with E-state index in [1.54, 1.807) is 0 Å². The molecule has 18 heavy (non-hydrogen) atoms. The van der Waals surface area contributed by atoms with Crippen LogP contribution in [0.2, 0.25) is 0 Å². The summed E-state index contributed by atoms with van der Waals surface area (Å²) in [7, 11) is 0. The van der Waals surface area contributed by atoms with Crippen LogP contribution in [0.5, 0.6) is 11.5 Å². The van der Waals surface area contributed by atoms with Gasteiger partial charge in [-0.2, -0.15) is 0 Å². The van der Waals surface area contributed by atoms with E-state index in [0.717, 1.165) is 11.5 Å². The maximum Gasteiger partial charge on any atom is 0.126 e. The maximum absolute atomic E-state index is 5.77. The molecule has 2 heteroatoms. The molecule has 1 atom stereocenters. The average molecular weight is 240 g/mol. The molecule has 0 N–H and O–H groups in total. The van der Waals surface area contributed by atoms with E-state index in [-0.39, 0.29) is 5.92 Å². The topological polar surface area (TPSA) is 18.5 Å². The Morgan fingerprint density at radius 1 is 1.11 bits per heavy atom. The highest BCUT2D eigenvalue weighted by atomic mass is 16.5. The normalized spacial score (nSPS) is 17.1. The lowest BCUT2D eigenvalue weighted by atomic mass is 9.92. The van der Waals surface area contributed by atoms with Crippen LogP contribution in [0.25, 0.3) is 0 Å². The molecule has 1 unspecified atom stereocenters. The Hall–Kier alpha value is -1.96. The maximum atomic E-state index is 5.77. The Kier molecular flexibility index (Phi) is 2.93. The van der Waals surface area contributed by atoms with Crippen LogP contribution in [-0.4, -0.2) is 13.2 Å². The molecule has 0 spiro atoms. The summed E-state index contributed by atoms with van der Waals surface area (Å²) >= 11 is 0. The quantitative estimate of drug-likeness (QED) is 0.816. The van der Waals surface area contributed by atoms with Crippen molar-refractivity contribution in [3.8, 4) is 11.5 Å². The van der Waals surface area contributed by atoms with Crippen LogP contribution in [0.15, 0.2) is 48.5 Å². The molecule has 2 nitrogen and oxygen atoms in total. The summed E-state index contributed by atoms with van der Waals surface area (Å²) in [4.78, 5) is 0. The Morgan fingerprint density at radius 2 is 1.94 bits per heavy atom. The van der Waals surface area contributed by atoms with Crippen molar-refractivity contribution in [2.75, 3.05) is 13.2 Å². The lowest BCUT2D eigenvalue weighted by Gasteiger charge is -2.13. The Morgan fingerprint density at radius 3 is 2.72 bits per heavy atom. The molecular weight excluding hydrogens is 224 g/mol. The van der Waals surface area contributed by atoms with Gasteiger partial charge in [0.25, 0.3) is 0 Å². The van der Waals surface area contributed by atoms with E-state index in [0.29, 0.717) is 13.2 Å². The predicted molar refractivity (Wildman–Crippen MR) is 71.4 cm³/mol. The summed E-state index contributed by atoms with van der Waals surface area (Å²) in [6.45, 7) is 3.38. The average Bonchev–Trinajstić information content (AvgIpc) is 2.85. The first kappa shape index (κ1) is 11.1. The van der Waals surface area contributed by atoms with E-state index in [2.05, 4.69) is 24.3 Å². The third kappa shape index (κ3) is 1.84. The van der Waals surface area contributed by atoms with Crippen LogP contribution in [0.1, 0.15) is 24.0 Å². The molecule has 1 aliphatic heterocycles. The SMILES string of the molecule is CCOc1cccc2c1C(c1ccccc1)CO2. The molecule has 2 aromatic carbocycles. The molecule has 0 fully saturated rings. The van der Waals surface area contributed by atoms with Gasteiger partial charge in [-0.05, 0) is 24.6 Å². The van der Waals surface area contributed by atoms with Crippen molar-refractivity contribution in [1.82, 2.24) is 0 Å². The monoisotopic (exact) mass is 240 g/mol. The third-order valence-corrected chi connectivity index (χ3v) is 3.28. The highest BCUT2D eigenvalue weighted by Crippen LogP contribution is 2.43. The van der Waals surface area contributed by atoms with Gasteiger partial charge in [0.1, 0.15) is 11.5 Å². The summed E-state index contributed by atoms with van der Waals surface area (Å²) in [6.07, 6.45) is 0. The van der Waals surface area contributed by atoms with Gasteiger partial charge in [-0.1, -0.05) is 36.4 Å². The largest absolute Gasteiger partial charge is 0.493 e. The van der Waals surface area contributed by atoms with Crippen LogP contribution < -0.4 is 9.47 Å². The molecule has 3 rings (SSSR count). The minimum absolute atomic E-state index is 0.281. The highest BCUT2D eigenvalue weighted by Gasteiger charge is 2.28. The van der Waals surface area contributed by atoms with Gasteiger partial charge in [0.05, 0.1) is 19.1 Å². The van der Waals surface area contributed by atoms with Gasteiger partial charge in [0.15, 0.2) is 0 Å². The van der Waals surface area contributed by atoms with E-state index in [9.17, 15) is 0 Å². The van der Waals surface area contributed by atoms with E-state index >= 15 is 0 Å². The van der Waals surface area contributed by atoms with Gasteiger partial charge in [0.2, 0.25) is 0 Å². The number of hydrogen-bond acceptors (Lipinski definition) is 2. The van der Waals surface area contributed by atoms with E-state index in [1.165, 1.54) is 11.1 Å². The standard InChI is InChI=1S/C16H16O2/c1-2-17-14-9-6-10-15-16(14)13(11-18-15)12-7-4-3-5-8-12/h3-10,13H,2,11H2,1H3. The molecule has 0 aromatic heterocycles. The van der Waals surface area contributed by atoms with Crippen LogP contribution in [-0.2, 0) is 0 Å². The van der Waals surface area contributed by atoms with Crippen LogP contribution in [0.3, 0.4) is 0 Å². The zero-order valence-electron chi connectivity index (χ0n) is 10.4. The number of benzene rings is 2. The summed E-state index contributed by atoms with van der Waals surface area (Å²) in [5.74, 6) is 2.18. The smallest absolute Gasteiger partial charge is 0.126 e. The predicted octanol–water partition coefficient (Wildman–Crippen LogP) is 3.61. The van der Waals surface area contributed by atoms with Crippen molar-refractivity contribution in [2.24, 2.45) is 0 Å². The number of rotatable bonds is 3. The molecule has 0 saturated carbocycles. The fraction of sp³-hybridized carbons (Fsp3) is 0.250. The van der Waals surface area contributed by atoms with Gasteiger partial charge in [-0.3, -0.25) is 0 Å². The second kappa shape index (κ2) is 4.73. The molecule has 0 aliphatic carbocycles. The third-order valence-electron chi connectivity index (χ3n) is 3.28. The first-order valence-corrected chi connectivity index (χ1v) is 6.33. The lowest BCUT2D eigenvalue weighted by Crippen LogP contribution is -2.04. The second-order valence-electron chi connectivity index (χ2n) is 4.38. The van der Waals surface area contributed by atoms with Crippen molar-refractivity contribution in [1.29, 1.82) is 0 Å². The molecular formula is C16H16O2. The van der Waals surface area contributed by atoms with E-state index in [1.807, 2.05) is 31.2 Å². The Balaban J connectivity index is 2.05. The van der Waals surface area contributed by atoms with E-state index < -0.39 is 0 Å². The molecule has 0 amide bonds. The minimum atomic E-state index is 0.281. The van der Waals surface area contributed by atoms with Crippen molar-refractivity contribution >= 4 is 0 Å². The van der Waals surface area contributed by atoms with E-state index in [4.69, 9.17) is 9.47 Å². The van der Waals surface area contributed by atoms with Crippen molar-refractivity contribution in [3.05, 3.63) is 59.7 Å². The minimum Gasteiger partial charge on any atom is -0.493 e. The van der Waals surface area contributed by atoms with Crippen molar-refractivity contribution in [3.63, 3.8) is 0 Å². The van der Waals surface area contributed by atoms with Crippen LogP contribution >= 0.6 is 0 Å². The lowest BCUT2D eigenvalue weighted by molar-refractivity contribution is 0.336. The van der Waals surface area contributed by atoms with Gasteiger partial charge >= 0.3 is 0 Å². The summed E-state index contributed by atoms with van der Waals surface area (Å²) in [5, 5.41) is 0. The van der Waals surface area contributed by atoms with Crippen molar-refractivity contribution < 1.29 is 9.47 Å². The van der Waals surface area contributed by atoms with Gasteiger partial charge in [-0.25, -0.2) is 0 Å². The number of hydrogen-bond donors (Lipinski definition) is 0. The Labute approximate surface area is 107 Å². The fourth-order valence-electron chi connectivity index (χ4n) is 2.48. The summed E-state index contributed by atoms with van der Waals surface area (Å²) < 4.78 is 11.5. The molecule has 0 bridgehead atoms. The zero-order chi connectivity index (χ0) is 12.4. The van der Waals surface area contributed by atoms with Crippen molar-refractivity contribution in [2.45, 2.75) is 12.8 Å². The highest BCUT2D eigenvalue weighted by molar-refractivity contribution is 5.53. The first-order valence-electron chi connectivity index (χ1n) is 6.33. The number of ether oxygens (including phenoxy) is 2. The molecule has 1 aliphatic rings. The second-order valence-corrected chi connectivity index (χ2v) is 4.38. The van der Waals surface area contributed by atoms with Gasteiger partial charge in [0, 0.05) is 5.56 Å². The van der Waals surface area contributed by atoms with Crippen LogP contribution in [0.4, 0.5) is 0 Å². The van der Waals surface area contributed by atoms with Crippen LogP contribution in [0, 0.1) is 0 Å². The zero-order valence-corrected chi connectivity index (χ0v) is 10.4. The molecule has 92 valence electrons. The summed E-state index contributed by atoms with van der Waals surface area (Å²) in [6, 6.07) is 16.5. The molecule has 1 heterocycles. The molecule has 2 aromatic rings. The summed E-state index contributed by atoms with van der Waals surface area (Å²) in [5.41, 5.74) is 2.47.